The first-order valence-electron chi connectivity index (χ1n) is 13.6. The number of hydrogen-bond acceptors (Lipinski definition) is 9. The Kier molecular flexibility index (Phi) is 12.2. The molecule has 0 bridgehead atoms. The maximum absolute atomic E-state index is 12.7. The van der Waals surface area contributed by atoms with Gasteiger partial charge in [-0.05, 0) is 55.2 Å². The number of hydrogen-bond donors (Lipinski definition) is 2. The first-order valence-corrected chi connectivity index (χ1v) is 13.6. The van der Waals surface area contributed by atoms with Crippen LogP contribution in [0.1, 0.15) is 94.6 Å². The summed E-state index contributed by atoms with van der Waals surface area (Å²) in [4.78, 5) is 50.4. The molecule has 0 heterocycles. The summed E-state index contributed by atoms with van der Waals surface area (Å²) in [6.07, 6.45) is -1.78. The zero-order valence-electron chi connectivity index (χ0n) is 25.8. The Morgan fingerprint density at radius 2 is 1.32 bits per heavy atom. The highest BCUT2D eigenvalue weighted by atomic mass is 16.7. The quantitative estimate of drug-likeness (QED) is 0.179. The molecule has 10 heteroatoms. The highest BCUT2D eigenvalue weighted by Crippen LogP contribution is 2.33. The van der Waals surface area contributed by atoms with E-state index < -0.39 is 41.9 Å². The number of carbonyl (C=O) groups excluding carboxylic acids is 3. The monoisotopic (exact) mass is 565 g/mol. The lowest BCUT2D eigenvalue weighted by Gasteiger charge is -2.32. The van der Waals surface area contributed by atoms with E-state index in [9.17, 15) is 24.3 Å². The second-order valence-corrected chi connectivity index (χ2v) is 13.2. The van der Waals surface area contributed by atoms with Crippen LogP contribution in [-0.2, 0) is 30.3 Å². The lowest BCUT2D eigenvalue weighted by molar-refractivity contribution is -0.168. The summed E-state index contributed by atoms with van der Waals surface area (Å²) < 4.78 is 21.8. The molecule has 1 aromatic rings. The van der Waals surface area contributed by atoms with Crippen molar-refractivity contribution >= 4 is 24.1 Å². The number of carbonyl (C=O) groups is 4. The number of aliphatic carboxylic acids is 1. The smallest absolute Gasteiger partial charge is 0.477 e. The topological polar surface area (TPSA) is 137 Å². The number of carboxylic acid groups (broad SMARTS) is 1. The van der Waals surface area contributed by atoms with Crippen LogP contribution in [0.2, 0.25) is 0 Å². The lowest BCUT2D eigenvalue weighted by Crippen LogP contribution is -2.59. The van der Waals surface area contributed by atoms with Crippen LogP contribution in [0.4, 0.5) is 4.79 Å². The molecule has 0 aliphatic carbocycles. The van der Waals surface area contributed by atoms with E-state index in [1.165, 1.54) is 18.2 Å². The molecule has 0 aliphatic heterocycles. The van der Waals surface area contributed by atoms with Gasteiger partial charge in [0.2, 0.25) is 0 Å². The average molecular weight is 566 g/mol. The van der Waals surface area contributed by atoms with Crippen molar-refractivity contribution < 1.29 is 43.2 Å². The molecule has 2 N–H and O–H groups in total. The molecular formula is C30H47NO9. The van der Waals surface area contributed by atoms with Crippen LogP contribution in [0.25, 0.3) is 0 Å². The molecule has 2 atom stereocenters. The molecule has 0 saturated carbocycles. The predicted molar refractivity (Wildman–Crippen MR) is 150 cm³/mol. The lowest BCUT2D eigenvalue weighted by atomic mass is 9.92. The summed E-state index contributed by atoms with van der Waals surface area (Å²) in [5.74, 6) is -2.55. The van der Waals surface area contributed by atoms with Crippen molar-refractivity contribution in [3.63, 3.8) is 0 Å². The maximum atomic E-state index is 12.7. The minimum atomic E-state index is -2.20. The average Bonchev–Trinajstić information content (AvgIpc) is 2.71. The Labute approximate surface area is 238 Å². The third kappa shape index (κ3) is 12.4. The van der Waals surface area contributed by atoms with Gasteiger partial charge in [0.05, 0.1) is 12.8 Å². The standard InChI is InChI=1S/C30H47NO9/c1-18(2)20(5)37-27(36)40-30(26(34)35,31-19(3)4)15-21-12-13-22(38-24(32)16-28(6,7)8)23(14-21)39-25(33)17-29(9,10)11/h12-14,18-20,31H,15-17H2,1-11H3,(H,34,35)/t20?,30-/m0/s1. The van der Waals surface area contributed by atoms with E-state index in [2.05, 4.69) is 5.32 Å². The first kappa shape index (κ1) is 34.9. The highest BCUT2D eigenvalue weighted by Gasteiger charge is 2.45. The second kappa shape index (κ2) is 14.0. The van der Waals surface area contributed by atoms with Crippen molar-refractivity contribution in [2.45, 2.75) is 113 Å². The van der Waals surface area contributed by atoms with Crippen LogP contribution in [0.15, 0.2) is 18.2 Å². The highest BCUT2D eigenvalue weighted by molar-refractivity contribution is 5.81. The van der Waals surface area contributed by atoms with Gasteiger partial charge in [-0.25, -0.2) is 9.59 Å². The fraction of sp³-hybridized carbons (Fsp3) is 0.667. The van der Waals surface area contributed by atoms with Crippen LogP contribution >= 0.6 is 0 Å². The summed E-state index contributed by atoms with van der Waals surface area (Å²) in [5, 5.41) is 13.0. The minimum absolute atomic E-state index is 0.0104. The SMILES string of the molecule is CC(C)N[C@@](Cc1ccc(OC(=O)CC(C)(C)C)c(OC(=O)CC(C)(C)C)c1)(OC(=O)OC(C)C(C)C)C(=O)O. The molecule has 0 amide bonds. The summed E-state index contributed by atoms with van der Waals surface area (Å²) >= 11 is 0. The van der Waals surface area contributed by atoms with Gasteiger partial charge in [0, 0.05) is 12.5 Å². The molecule has 1 aromatic carbocycles. The Hall–Kier alpha value is -3.14. The summed E-state index contributed by atoms with van der Waals surface area (Å²) in [7, 11) is 0. The van der Waals surface area contributed by atoms with E-state index in [-0.39, 0.29) is 47.5 Å². The van der Waals surface area contributed by atoms with Gasteiger partial charge >= 0.3 is 24.1 Å². The van der Waals surface area contributed by atoms with Crippen LogP contribution in [0, 0.1) is 16.7 Å². The van der Waals surface area contributed by atoms with Crippen molar-refractivity contribution in [3.8, 4) is 11.5 Å². The third-order valence-electron chi connectivity index (χ3n) is 5.60. The number of ether oxygens (including phenoxy) is 4. The fourth-order valence-corrected chi connectivity index (χ4v) is 3.52. The molecular weight excluding hydrogens is 518 g/mol. The molecule has 0 saturated heterocycles. The summed E-state index contributed by atoms with van der Waals surface area (Å²) in [5.41, 5.74) is -2.55. The first-order chi connectivity index (χ1) is 18.1. The molecule has 0 fully saturated rings. The molecule has 0 aromatic heterocycles. The van der Waals surface area contributed by atoms with E-state index in [1.807, 2.05) is 55.4 Å². The molecule has 1 rings (SSSR count). The predicted octanol–water partition coefficient (Wildman–Crippen LogP) is 5.89. The molecule has 1 unspecified atom stereocenters. The molecule has 10 nitrogen and oxygen atoms in total. The molecule has 0 aliphatic rings. The molecule has 0 spiro atoms. The van der Waals surface area contributed by atoms with Gasteiger partial charge in [0.25, 0.3) is 5.72 Å². The summed E-state index contributed by atoms with van der Waals surface area (Å²) in [6.45, 7) is 20.1. The van der Waals surface area contributed by atoms with Gasteiger partial charge in [-0.1, -0.05) is 61.5 Å². The van der Waals surface area contributed by atoms with Crippen molar-refractivity contribution in [2.75, 3.05) is 0 Å². The van der Waals surface area contributed by atoms with E-state index in [4.69, 9.17) is 18.9 Å². The van der Waals surface area contributed by atoms with Crippen LogP contribution < -0.4 is 14.8 Å². The van der Waals surface area contributed by atoms with Crippen molar-refractivity contribution in [2.24, 2.45) is 16.7 Å². The van der Waals surface area contributed by atoms with E-state index in [0.717, 1.165) is 0 Å². The number of benzene rings is 1. The zero-order chi connectivity index (χ0) is 31.1. The van der Waals surface area contributed by atoms with Gasteiger partial charge in [-0.15, -0.1) is 0 Å². The Morgan fingerprint density at radius 1 is 0.825 bits per heavy atom. The van der Waals surface area contributed by atoms with E-state index >= 15 is 0 Å². The van der Waals surface area contributed by atoms with Gasteiger partial charge in [0.1, 0.15) is 6.10 Å². The van der Waals surface area contributed by atoms with E-state index in [1.54, 1.807) is 20.8 Å². The van der Waals surface area contributed by atoms with Crippen molar-refractivity contribution in [1.82, 2.24) is 5.32 Å². The Morgan fingerprint density at radius 3 is 1.75 bits per heavy atom. The van der Waals surface area contributed by atoms with Crippen LogP contribution in [-0.4, -0.2) is 47.0 Å². The third-order valence-corrected chi connectivity index (χ3v) is 5.60. The fourth-order valence-electron chi connectivity index (χ4n) is 3.52. The van der Waals surface area contributed by atoms with Gasteiger partial charge < -0.3 is 24.1 Å². The maximum Gasteiger partial charge on any atom is 0.510 e. The van der Waals surface area contributed by atoms with Crippen molar-refractivity contribution in [3.05, 3.63) is 23.8 Å². The number of rotatable bonds is 12. The van der Waals surface area contributed by atoms with Gasteiger partial charge in [-0.3, -0.25) is 14.9 Å². The summed E-state index contributed by atoms with van der Waals surface area (Å²) in [6, 6.07) is 3.96. The van der Waals surface area contributed by atoms with Crippen molar-refractivity contribution in [1.29, 1.82) is 0 Å². The van der Waals surface area contributed by atoms with E-state index in [0.29, 0.717) is 5.56 Å². The Bertz CT molecular complexity index is 1050. The number of carboxylic acids is 1. The minimum Gasteiger partial charge on any atom is -0.477 e. The molecule has 0 radical (unpaired) electrons. The second-order valence-electron chi connectivity index (χ2n) is 13.2. The normalized spacial score (nSPS) is 14.3. The number of esters is 2. The largest absolute Gasteiger partial charge is 0.510 e. The van der Waals surface area contributed by atoms with Crippen LogP contribution in [0.5, 0.6) is 11.5 Å². The zero-order valence-corrected chi connectivity index (χ0v) is 25.8. The van der Waals surface area contributed by atoms with Gasteiger partial charge in [-0.2, -0.15) is 0 Å². The molecule has 40 heavy (non-hydrogen) atoms. The number of nitrogens with one attached hydrogen (secondary N) is 1. The molecule has 226 valence electrons. The van der Waals surface area contributed by atoms with Gasteiger partial charge in [0.15, 0.2) is 11.5 Å². The Balaban J connectivity index is 3.47. The van der Waals surface area contributed by atoms with Crippen LogP contribution in [0.3, 0.4) is 0 Å².